The van der Waals surface area contributed by atoms with E-state index in [0.29, 0.717) is 5.82 Å². The minimum Gasteiger partial charge on any atom is -0.497 e. The summed E-state index contributed by atoms with van der Waals surface area (Å²) in [6.45, 7) is 2.02. The van der Waals surface area contributed by atoms with E-state index >= 15 is 0 Å². The lowest BCUT2D eigenvalue weighted by molar-refractivity contribution is 0.415. The maximum absolute atomic E-state index is 5.78. The number of methoxy groups -OCH3 is 1. The second kappa shape index (κ2) is 4.74. The van der Waals surface area contributed by atoms with Crippen molar-refractivity contribution < 1.29 is 4.74 Å². The Balaban J connectivity index is 2.32. The van der Waals surface area contributed by atoms with Gasteiger partial charge in [0.2, 0.25) is 0 Å². The Hall–Kier alpha value is -2.23. The largest absolute Gasteiger partial charge is 0.497 e. The van der Waals surface area contributed by atoms with Gasteiger partial charge in [-0.2, -0.15) is 0 Å². The SMILES string of the molecule is COc1ccc(C)c(Nc2cccnc2N)c1. The van der Waals surface area contributed by atoms with Crippen molar-refractivity contribution in [1.29, 1.82) is 0 Å². The number of nitrogens with one attached hydrogen (secondary N) is 1. The average Bonchev–Trinajstić information content (AvgIpc) is 2.35. The fourth-order valence-corrected chi connectivity index (χ4v) is 1.53. The molecule has 0 aliphatic rings. The van der Waals surface area contributed by atoms with Crippen LogP contribution in [0.3, 0.4) is 0 Å². The smallest absolute Gasteiger partial charge is 0.147 e. The molecule has 4 nitrogen and oxygen atoms in total. The molecule has 3 N–H and O–H groups in total. The lowest BCUT2D eigenvalue weighted by atomic mass is 10.2. The van der Waals surface area contributed by atoms with Crippen LogP contribution in [0.2, 0.25) is 0 Å². The summed E-state index contributed by atoms with van der Waals surface area (Å²) >= 11 is 0. The van der Waals surface area contributed by atoms with Gasteiger partial charge in [-0.05, 0) is 30.7 Å². The summed E-state index contributed by atoms with van der Waals surface area (Å²) in [6, 6.07) is 9.58. The number of nitrogen functional groups attached to an aromatic ring is 1. The molecule has 0 amide bonds. The third-order valence-electron chi connectivity index (χ3n) is 2.55. The standard InChI is InChI=1S/C13H15N3O/c1-9-5-6-10(17-2)8-12(9)16-11-4-3-7-15-13(11)14/h3-8,16H,1-2H3,(H2,14,15). The van der Waals surface area contributed by atoms with E-state index in [2.05, 4.69) is 10.3 Å². The van der Waals surface area contributed by atoms with Crippen LogP contribution in [-0.4, -0.2) is 12.1 Å². The van der Waals surface area contributed by atoms with E-state index in [1.165, 1.54) is 0 Å². The van der Waals surface area contributed by atoms with Crippen LogP contribution in [0.15, 0.2) is 36.5 Å². The lowest BCUT2D eigenvalue weighted by Crippen LogP contribution is -1.99. The summed E-state index contributed by atoms with van der Waals surface area (Å²) in [5, 5.41) is 3.25. The molecule has 0 saturated carbocycles. The molecule has 0 fully saturated rings. The number of rotatable bonds is 3. The first-order valence-corrected chi connectivity index (χ1v) is 5.33. The highest BCUT2D eigenvalue weighted by atomic mass is 16.5. The van der Waals surface area contributed by atoms with Crippen molar-refractivity contribution in [3.63, 3.8) is 0 Å². The van der Waals surface area contributed by atoms with Crippen molar-refractivity contribution >= 4 is 17.2 Å². The molecule has 2 rings (SSSR count). The van der Waals surface area contributed by atoms with Crippen LogP contribution in [0.4, 0.5) is 17.2 Å². The summed E-state index contributed by atoms with van der Waals surface area (Å²) in [5.74, 6) is 1.29. The molecule has 88 valence electrons. The molecule has 1 aromatic heterocycles. The van der Waals surface area contributed by atoms with E-state index in [4.69, 9.17) is 10.5 Å². The number of ether oxygens (including phenoxy) is 1. The molecule has 1 heterocycles. The minimum absolute atomic E-state index is 0.481. The first-order valence-electron chi connectivity index (χ1n) is 5.33. The molecule has 0 aliphatic carbocycles. The summed E-state index contributed by atoms with van der Waals surface area (Å²) in [7, 11) is 1.65. The van der Waals surface area contributed by atoms with Crippen LogP contribution < -0.4 is 15.8 Å². The molecular weight excluding hydrogens is 214 g/mol. The monoisotopic (exact) mass is 229 g/mol. The Morgan fingerprint density at radius 1 is 1.24 bits per heavy atom. The summed E-state index contributed by atoms with van der Waals surface area (Å²) in [5.41, 5.74) is 8.66. The molecule has 17 heavy (non-hydrogen) atoms. The second-order valence-corrected chi connectivity index (χ2v) is 3.74. The van der Waals surface area contributed by atoms with Crippen LogP contribution in [0.25, 0.3) is 0 Å². The lowest BCUT2D eigenvalue weighted by Gasteiger charge is -2.12. The van der Waals surface area contributed by atoms with Crippen molar-refractivity contribution in [3.8, 4) is 5.75 Å². The highest BCUT2D eigenvalue weighted by molar-refractivity contribution is 5.71. The maximum atomic E-state index is 5.78. The number of anilines is 3. The summed E-state index contributed by atoms with van der Waals surface area (Å²) in [4.78, 5) is 4.03. The maximum Gasteiger partial charge on any atom is 0.147 e. The molecule has 2 aromatic rings. The van der Waals surface area contributed by atoms with Crippen molar-refractivity contribution in [2.75, 3.05) is 18.2 Å². The van der Waals surface area contributed by atoms with Gasteiger partial charge in [-0.1, -0.05) is 6.07 Å². The van der Waals surface area contributed by atoms with Crippen molar-refractivity contribution in [3.05, 3.63) is 42.1 Å². The van der Waals surface area contributed by atoms with Crippen molar-refractivity contribution in [2.24, 2.45) is 0 Å². The molecule has 0 atom stereocenters. The first kappa shape index (κ1) is 11.3. The zero-order valence-corrected chi connectivity index (χ0v) is 9.90. The number of nitrogens with two attached hydrogens (primary N) is 1. The Bertz CT molecular complexity index is 526. The summed E-state index contributed by atoms with van der Waals surface area (Å²) < 4.78 is 5.19. The molecule has 0 saturated heterocycles. The van der Waals surface area contributed by atoms with Crippen LogP contribution in [0.1, 0.15) is 5.56 Å². The molecule has 0 bridgehead atoms. The molecule has 0 radical (unpaired) electrons. The quantitative estimate of drug-likeness (QED) is 0.849. The van der Waals surface area contributed by atoms with E-state index in [9.17, 15) is 0 Å². The van der Waals surface area contributed by atoms with Gasteiger partial charge in [0.25, 0.3) is 0 Å². The Morgan fingerprint density at radius 2 is 2.06 bits per heavy atom. The van der Waals surface area contributed by atoms with Gasteiger partial charge in [0.15, 0.2) is 0 Å². The number of aromatic nitrogens is 1. The second-order valence-electron chi connectivity index (χ2n) is 3.74. The third-order valence-corrected chi connectivity index (χ3v) is 2.55. The molecular formula is C13H15N3O. The fraction of sp³-hybridized carbons (Fsp3) is 0.154. The normalized spacial score (nSPS) is 10.0. The molecule has 0 spiro atoms. The van der Waals surface area contributed by atoms with Gasteiger partial charge >= 0.3 is 0 Å². The van der Waals surface area contributed by atoms with Gasteiger partial charge in [-0.15, -0.1) is 0 Å². The van der Waals surface area contributed by atoms with E-state index in [-0.39, 0.29) is 0 Å². The number of pyridine rings is 1. The molecule has 0 unspecified atom stereocenters. The van der Waals surface area contributed by atoms with Crippen molar-refractivity contribution in [1.82, 2.24) is 4.98 Å². The van der Waals surface area contributed by atoms with E-state index < -0.39 is 0 Å². The van der Waals surface area contributed by atoms with E-state index in [1.54, 1.807) is 13.3 Å². The zero-order chi connectivity index (χ0) is 12.3. The third kappa shape index (κ3) is 2.47. The van der Waals surface area contributed by atoms with Crippen LogP contribution in [-0.2, 0) is 0 Å². The number of benzene rings is 1. The Kier molecular flexibility index (Phi) is 3.14. The first-order chi connectivity index (χ1) is 8.20. The number of hydrogen-bond donors (Lipinski definition) is 2. The highest BCUT2D eigenvalue weighted by Crippen LogP contribution is 2.26. The molecule has 4 heteroatoms. The number of hydrogen-bond acceptors (Lipinski definition) is 4. The summed E-state index contributed by atoms with van der Waals surface area (Å²) in [6.07, 6.45) is 1.67. The van der Waals surface area contributed by atoms with E-state index in [0.717, 1.165) is 22.7 Å². The highest BCUT2D eigenvalue weighted by Gasteiger charge is 2.03. The average molecular weight is 229 g/mol. The molecule has 0 aliphatic heterocycles. The van der Waals surface area contributed by atoms with Gasteiger partial charge in [0.05, 0.1) is 12.8 Å². The van der Waals surface area contributed by atoms with Gasteiger partial charge < -0.3 is 15.8 Å². The predicted octanol–water partition coefficient (Wildman–Crippen LogP) is 2.72. The fourth-order valence-electron chi connectivity index (χ4n) is 1.53. The number of nitrogens with zero attached hydrogens (tertiary/aromatic N) is 1. The van der Waals surface area contributed by atoms with E-state index in [1.807, 2.05) is 37.3 Å². The zero-order valence-electron chi connectivity index (χ0n) is 9.90. The van der Waals surface area contributed by atoms with Gasteiger partial charge in [0, 0.05) is 18.0 Å². The van der Waals surface area contributed by atoms with Crippen LogP contribution >= 0.6 is 0 Å². The predicted molar refractivity (Wildman–Crippen MR) is 69.7 cm³/mol. The van der Waals surface area contributed by atoms with Gasteiger partial charge in [-0.3, -0.25) is 0 Å². The van der Waals surface area contributed by atoms with Gasteiger partial charge in [-0.25, -0.2) is 4.98 Å². The Morgan fingerprint density at radius 3 is 2.76 bits per heavy atom. The van der Waals surface area contributed by atoms with Crippen LogP contribution in [0.5, 0.6) is 5.75 Å². The van der Waals surface area contributed by atoms with Gasteiger partial charge in [0.1, 0.15) is 11.6 Å². The van der Waals surface area contributed by atoms with Crippen molar-refractivity contribution in [2.45, 2.75) is 6.92 Å². The topological polar surface area (TPSA) is 60.2 Å². The molecule has 1 aromatic carbocycles. The number of aryl methyl sites for hydroxylation is 1. The minimum atomic E-state index is 0.481. The Labute approximate surface area is 100 Å². The van der Waals surface area contributed by atoms with Crippen LogP contribution in [0, 0.1) is 6.92 Å².